The molecule has 0 aliphatic carbocycles. The summed E-state index contributed by atoms with van der Waals surface area (Å²) in [5.74, 6) is 0.784. The van der Waals surface area contributed by atoms with E-state index < -0.39 is 6.10 Å². The molecule has 0 fully saturated rings. The van der Waals surface area contributed by atoms with Crippen LogP contribution in [0.5, 0.6) is 0 Å². The van der Waals surface area contributed by atoms with E-state index in [4.69, 9.17) is 0 Å². The topological polar surface area (TPSA) is 76.7 Å². The molecule has 1 unspecified atom stereocenters. The Kier molecular flexibility index (Phi) is 4.21. The van der Waals surface area contributed by atoms with E-state index in [-0.39, 0.29) is 0 Å². The SMILES string of the molecule is CCc1nnc(C)cc1C(O)Cc1ncnn1CC. The van der Waals surface area contributed by atoms with Crippen molar-refractivity contribution in [2.24, 2.45) is 0 Å². The fourth-order valence-electron chi connectivity index (χ4n) is 2.09. The first-order valence-electron chi connectivity index (χ1n) is 6.53. The lowest BCUT2D eigenvalue weighted by Gasteiger charge is -2.14. The molecule has 6 nitrogen and oxygen atoms in total. The van der Waals surface area contributed by atoms with Crippen LogP contribution in [-0.2, 0) is 19.4 Å². The minimum atomic E-state index is -0.626. The molecule has 2 rings (SSSR count). The lowest BCUT2D eigenvalue weighted by atomic mass is 10.0. The van der Waals surface area contributed by atoms with Gasteiger partial charge in [-0.2, -0.15) is 15.3 Å². The third-order valence-electron chi connectivity index (χ3n) is 3.09. The number of hydrogen-bond acceptors (Lipinski definition) is 5. The molecule has 1 atom stereocenters. The lowest BCUT2D eigenvalue weighted by Crippen LogP contribution is -2.12. The van der Waals surface area contributed by atoms with Gasteiger partial charge in [-0.3, -0.25) is 4.68 Å². The summed E-state index contributed by atoms with van der Waals surface area (Å²) >= 11 is 0. The molecule has 0 amide bonds. The summed E-state index contributed by atoms with van der Waals surface area (Å²) in [6.07, 6.45) is 2.08. The molecule has 0 saturated heterocycles. The third kappa shape index (κ3) is 2.96. The molecule has 0 bridgehead atoms. The Hall–Kier alpha value is -1.82. The first kappa shape index (κ1) is 13.6. The fraction of sp³-hybridized carbons (Fsp3) is 0.538. The summed E-state index contributed by atoms with van der Waals surface area (Å²) in [5, 5.41) is 22.7. The molecule has 0 saturated carbocycles. The van der Waals surface area contributed by atoms with E-state index >= 15 is 0 Å². The van der Waals surface area contributed by atoms with Crippen molar-refractivity contribution in [1.29, 1.82) is 0 Å². The van der Waals surface area contributed by atoms with Gasteiger partial charge < -0.3 is 5.11 Å². The van der Waals surface area contributed by atoms with Gasteiger partial charge in [0.2, 0.25) is 0 Å². The first-order chi connectivity index (χ1) is 9.15. The average Bonchev–Trinajstić information content (AvgIpc) is 2.85. The summed E-state index contributed by atoms with van der Waals surface area (Å²) in [5.41, 5.74) is 2.48. The van der Waals surface area contributed by atoms with Crippen molar-refractivity contribution in [2.45, 2.75) is 46.3 Å². The zero-order chi connectivity index (χ0) is 13.8. The summed E-state index contributed by atoms with van der Waals surface area (Å²) < 4.78 is 1.79. The average molecular weight is 261 g/mol. The van der Waals surface area contributed by atoms with Crippen molar-refractivity contribution < 1.29 is 5.11 Å². The Morgan fingerprint density at radius 3 is 2.79 bits per heavy atom. The highest BCUT2D eigenvalue weighted by atomic mass is 16.3. The maximum absolute atomic E-state index is 10.4. The maximum Gasteiger partial charge on any atom is 0.138 e. The molecule has 0 spiro atoms. The summed E-state index contributed by atoms with van der Waals surface area (Å²) in [6, 6.07) is 1.89. The number of rotatable bonds is 5. The summed E-state index contributed by atoms with van der Waals surface area (Å²) in [4.78, 5) is 4.19. The van der Waals surface area contributed by atoms with Crippen LogP contribution in [0.15, 0.2) is 12.4 Å². The van der Waals surface area contributed by atoms with Crippen molar-refractivity contribution in [3.8, 4) is 0 Å². The zero-order valence-corrected chi connectivity index (χ0v) is 11.5. The van der Waals surface area contributed by atoms with Crippen LogP contribution in [0.2, 0.25) is 0 Å². The predicted molar refractivity (Wildman–Crippen MR) is 70.5 cm³/mol. The van der Waals surface area contributed by atoms with Crippen LogP contribution in [0.1, 0.15) is 42.7 Å². The highest BCUT2D eigenvalue weighted by Gasteiger charge is 2.17. The van der Waals surface area contributed by atoms with E-state index in [1.807, 2.05) is 26.8 Å². The second-order valence-corrected chi connectivity index (χ2v) is 4.45. The Bertz CT molecular complexity index is 552. The molecule has 6 heteroatoms. The molecule has 0 aliphatic heterocycles. The second kappa shape index (κ2) is 5.88. The van der Waals surface area contributed by atoms with Crippen LogP contribution in [0.25, 0.3) is 0 Å². The summed E-state index contributed by atoms with van der Waals surface area (Å²) in [7, 11) is 0. The molecule has 2 aromatic heterocycles. The van der Waals surface area contributed by atoms with Crippen LogP contribution < -0.4 is 0 Å². The lowest BCUT2D eigenvalue weighted by molar-refractivity contribution is 0.172. The molecule has 2 aromatic rings. The van der Waals surface area contributed by atoms with Gasteiger partial charge in [0.05, 0.1) is 17.5 Å². The highest BCUT2D eigenvalue weighted by molar-refractivity contribution is 5.24. The normalized spacial score (nSPS) is 12.6. The number of nitrogens with zero attached hydrogens (tertiary/aromatic N) is 5. The number of hydrogen-bond donors (Lipinski definition) is 1. The van der Waals surface area contributed by atoms with E-state index in [2.05, 4.69) is 20.3 Å². The van der Waals surface area contributed by atoms with Gasteiger partial charge in [0.15, 0.2) is 0 Å². The Morgan fingerprint density at radius 1 is 1.32 bits per heavy atom. The van der Waals surface area contributed by atoms with Gasteiger partial charge in [0, 0.05) is 18.5 Å². The highest BCUT2D eigenvalue weighted by Crippen LogP contribution is 2.20. The van der Waals surface area contributed by atoms with Crippen LogP contribution in [0, 0.1) is 6.92 Å². The van der Waals surface area contributed by atoms with Gasteiger partial charge in [-0.05, 0) is 26.3 Å². The smallest absolute Gasteiger partial charge is 0.138 e. The molecular weight excluding hydrogens is 242 g/mol. The molecule has 0 aliphatic rings. The van der Waals surface area contributed by atoms with Gasteiger partial charge in [-0.1, -0.05) is 6.92 Å². The van der Waals surface area contributed by atoms with Crippen molar-refractivity contribution in [3.05, 3.63) is 35.2 Å². The second-order valence-electron chi connectivity index (χ2n) is 4.45. The van der Waals surface area contributed by atoms with Gasteiger partial charge >= 0.3 is 0 Å². The number of aromatic nitrogens is 5. The minimum absolute atomic E-state index is 0.436. The Balaban J connectivity index is 2.24. The number of aryl methyl sites for hydroxylation is 3. The molecule has 102 valence electrons. The van der Waals surface area contributed by atoms with E-state index in [0.717, 1.165) is 35.7 Å². The number of aliphatic hydroxyl groups excluding tert-OH is 1. The molecule has 0 radical (unpaired) electrons. The van der Waals surface area contributed by atoms with E-state index in [1.165, 1.54) is 6.33 Å². The van der Waals surface area contributed by atoms with Crippen LogP contribution in [0.3, 0.4) is 0 Å². The van der Waals surface area contributed by atoms with E-state index in [1.54, 1.807) is 4.68 Å². The number of aliphatic hydroxyl groups is 1. The summed E-state index contributed by atoms with van der Waals surface area (Å²) in [6.45, 7) is 6.62. The zero-order valence-electron chi connectivity index (χ0n) is 11.5. The molecule has 19 heavy (non-hydrogen) atoms. The largest absolute Gasteiger partial charge is 0.388 e. The van der Waals surface area contributed by atoms with Crippen molar-refractivity contribution in [3.63, 3.8) is 0 Å². The predicted octanol–water partition coefficient (Wildman–Crippen LogP) is 1.23. The van der Waals surface area contributed by atoms with E-state index in [0.29, 0.717) is 6.42 Å². The van der Waals surface area contributed by atoms with Crippen LogP contribution in [-0.4, -0.2) is 30.1 Å². The minimum Gasteiger partial charge on any atom is -0.388 e. The third-order valence-corrected chi connectivity index (χ3v) is 3.09. The molecule has 2 heterocycles. The van der Waals surface area contributed by atoms with Crippen molar-refractivity contribution in [2.75, 3.05) is 0 Å². The van der Waals surface area contributed by atoms with Gasteiger partial charge in [-0.15, -0.1) is 0 Å². The van der Waals surface area contributed by atoms with Gasteiger partial charge in [0.25, 0.3) is 0 Å². The Morgan fingerprint density at radius 2 is 2.11 bits per heavy atom. The van der Waals surface area contributed by atoms with Gasteiger partial charge in [0.1, 0.15) is 12.2 Å². The first-order valence-corrected chi connectivity index (χ1v) is 6.53. The van der Waals surface area contributed by atoms with E-state index in [9.17, 15) is 5.11 Å². The van der Waals surface area contributed by atoms with Crippen LogP contribution in [0.4, 0.5) is 0 Å². The molecular formula is C13H19N5O. The van der Waals surface area contributed by atoms with Gasteiger partial charge in [-0.25, -0.2) is 4.98 Å². The standard InChI is InChI=1S/C13H19N5O/c1-4-11-10(6-9(3)16-17-11)12(19)7-13-14-8-15-18(13)5-2/h6,8,12,19H,4-5,7H2,1-3H3. The quantitative estimate of drug-likeness (QED) is 0.876. The fourth-order valence-corrected chi connectivity index (χ4v) is 2.09. The molecule has 1 N–H and O–H groups in total. The van der Waals surface area contributed by atoms with Crippen molar-refractivity contribution >= 4 is 0 Å². The molecule has 0 aromatic carbocycles. The van der Waals surface area contributed by atoms with Crippen LogP contribution >= 0.6 is 0 Å². The van der Waals surface area contributed by atoms with Crippen molar-refractivity contribution in [1.82, 2.24) is 25.0 Å². The Labute approximate surface area is 112 Å². The monoisotopic (exact) mass is 261 g/mol. The maximum atomic E-state index is 10.4.